The number of benzene rings is 1. The summed E-state index contributed by atoms with van der Waals surface area (Å²) in [6, 6.07) is 9.37. The second-order valence-electron chi connectivity index (χ2n) is 6.97. The normalized spacial score (nSPS) is 34.4. The number of quaternary nitrogens is 1. The van der Waals surface area contributed by atoms with Crippen LogP contribution in [0.15, 0.2) is 49.2 Å². The molecule has 0 aliphatic carbocycles. The molecule has 3 aliphatic rings. The summed E-state index contributed by atoms with van der Waals surface area (Å²) in [6.07, 6.45) is 4.63. The molecule has 0 unspecified atom stereocenters. The SMILES string of the molecule is C=C[C@H]1C[N@+]2([O-])CC[C@H]1C[C@H]2[C@H](O)c1ccnc2ccccc12. The lowest BCUT2D eigenvalue weighted by Gasteiger charge is -2.61. The molecule has 4 heteroatoms. The second-order valence-corrected chi connectivity index (χ2v) is 6.97. The molecule has 1 N–H and O–H groups in total. The molecule has 0 radical (unpaired) electrons. The van der Waals surface area contributed by atoms with Crippen LogP contribution < -0.4 is 0 Å². The summed E-state index contributed by atoms with van der Waals surface area (Å²) >= 11 is 0. The third-order valence-electron chi connectivity index (χ3n) is 5.82. The average Bonchev–Trinajstić information content (AvgIpc) is 2.60. The standard InChI is InChI=1S/C19H22N2O2/c1-2-13-12-21(23)10-8-14(13)11-18(21)19(22)16-7-9-20-17-6-4-3-5-15(16)17/h2-7,9,13-14,18-19,22H,1,8,10-12H2/t13-,14-,18-,19+,21+/m0/s1. The van der Waals surface area contributed by atoms with Crippen molar-refractivity contribution in [3.63, 3.8) is 0 Å². The van der Waals surface area contributed by atoms with Crippen LogP contribution in [0, 0.1) is 17.0 Å². The molecule has 4 heterocycles. The molecule has 2 bridgehead atoms. The van der Waals surface area contributed by atoms with E-state index in [0.29, 0.717) is 24.9 Å². The minimum absolute atomic E-state index is 0.282. The predicted octanol–water partition coefficient (Wildman–Crippen LogP) is 3.18. The summed E-state index contributed by atoms with van der Waals surface area (Å²) in [7, 11) is 0. The van der Waals surface area contributed by atoms with Crippen LogP contribution in [0.2, 0.25) is 0 Å². The summed E-state index contributed by atoms with van der Waals surface area (Å²) in [4.78, 5) is 4.35. The van der Waals surface area contributed by atoms with Crippen LogP contribution in [0.5, 0.6) is 0 Å². The van der Waals surface area contributed by atoms with E-state index < -0.39 is 6.10 Å². The Morgan fingerprint density at radius 2 is 2.17 bits per heavy atom. The van der Waals surface area contributed by atoms with Crippen LogP contribution in [0.4, 0.5) is 0 Å². The lowest BCUT2D eigenvalue weighted by atomic mass is 9.73. The van der Waals surface area contributed by atoms with Gasteiger partial charge in [-0.1, -0.05) is 24.3 Å². The number of aromatic nitrogens is 1. The fourth-order valence-corrected chi connectivity index (χ4v) is 4.53. The summed E-state index contributed by atoms with van der Waals surface area (Å²) in [5.41, 5.74) is 1.69. The molecule has 4 nitrogen and oxygen atoms in total. The van der Waals surface area contributed by atoms with Gasteiger partial charge in [-0.05, 0) is 23.6 Å². The first-order chi connectivity index (χ1) is 11.1. The fraction of sp³-hybridized carbons (Fsp3) is 0.421. The van der Waals surface area contributed by atoms with Crippen LogP contribution >= 0.6 is 0 Å². The number of aliphatic hydroxyl groups is 1. The summed E-state index contributed by atoms with van der Waals surface area (Å²) < 4.78 is -0.287. The van der Waals surface area contributed by atoms with Crippen LogP contribution in [0.25, 0.3) is 10.9 Å². The highest BCUT2D eigenvalue weighted by atomic mass is 16.6. The van der Waals surface area contributed by atoms with E-state index in [1.807, 2.05) is 36.4 Å². The van der Waals surface area contributed by atoms with Gasteiger partial charge in [0.15, 0.2) is 0 Å². The minimum atomic E-state index is -0.742. The van der Waals surface area contributed by atoms with Gasteiger partial charge in [-0.3, -0.25) is 4.98 Å². The van der Waals surface area contributed by atoms with Gasteiger partial charge in [-0.25, -0.2) is 0 Å². The topological polar surface area (TPSA) is 56.2 Å². The summed E-state index contributed by atoms with van der Waals surface area (Å²) in [5.74, 6) is 0.771. The van der Waals surface area contributed by atoms with Crippen molar-refractivity contribution in [2.24, 2.45) is 11.8 Å². The molecular weight excluding hydrogens is 288 g/mol. The molecule has 5 rings (SSSR count). The smallest absolute Gasteiger partial charge is 0.132 e. The van der Waals surface area contributed by atoms with Gasteiger partial charge in [-0.2, -0.15) is 0 Å². The van der Waals surface area contributed by atoms with Crippen LogP contribution in [0.1, 0.15) is 24.5 Å². The Morgan fingerprint density at radius 3 is 2.96 bits per heavy atom. The number of hydrogen-bond acceptors (Lipinski definition) is 3. The van der Waals surface area contributed by atoms with Crippen LogP contribution in [-0.4, -0.2) is 33.9 Å². The van der Waals surface area contributed by atoms with E-state index >= 15 is 0 Å². The molecule has 3 saturated heterocycles. The van der Waals surface area contributed by atoms with E-state index in [1.165, 1.54) is 0 Å². The number of rotatable bonds is 3. The zero-order valence-electron chi connectivity index (χ0n) is 13.1. The van der Waals surface area contributed by atoms with E-state index in [9.17, 15) is 10.3 Å². The van der Waals surface area contributed by atoms with Gasteiger partial charge < -0.3 is 15.0 Å². The summed E-state index contributed by atoms with van der Waals surface area (Å²) in [6.45, 7) is 5.05. The van der Waals surface area contributed by atoms with Crippen molar-refractivity contribution in [1.82, 2.24) is 4.98 Å². The first-order valence-corrected chi connectivity index (χ1v) is 8.34. The van der Waals surface area contributed by atoms with Crippen LogP contribution in [-0.2, 0) is 0 Å². The Labute approximate surface area is 136 Å². The third-order valence-corrected chi connectivity index (χ3v) is 5.82. The van der Waals surface area contributed by atoms with Crippen molar-refractivity contribution in [1.29, 1.82) is 0 Å². The lowest BCUT2D eigenvalue weighted by molar-refractivity contribution is -0.929. The van der Waals surface area contributed by atoms with Crippen molar-refractivity contribution in [3.8, 4) is 0 Å². The van der Waals surface area contributed by atoms with Crippen molar-refractivity contribution in [2.45, 2.75) is 25.0 Å². The Morgan fingerprint density at radius 1 is 1.35 bits per heavy atom. The first-order valence-electron chi connectivity index (χ1n) is 8.34. The Kier molecular flexibility index (Phi) is 3.48. The molecule has 1 aromatic heterocycles. The maximum atomic E-state index is 13.3. The first kappa shape index (κ1) is 14.8. The number of nitrogens with zero attached hydrogens (tertiary/aromatic N) is 2. The van der Waals surface area contributed by atoms with Crippen molar-refractivity contribution < 1.29 is 9.75 Å². The molecular formula is C19H22N2O2. The van der Waals surface area contributed by atoms with Crippen LogP contribution in [0.3, 0.4) is 0 Å². The lowest BCUT2D eigenvalue weighted by Crippen LogP contribution is -2.64. The number of para-hydroxylation sites is 1. The van der Waals surface area contributed by atoms with Gasteiger partial charge in [0.25, 0.3) is 0 Å². The third kappa shape index (κ3) is 2.29. The number of aliphatic hydroxyl groups excluding tert-OH is 1. The molecule has 0 amide bonds. The summed E-state index contributed by atoms with van der Waals surface area (Å²) in [5, 5.41) is 25.3. The Bertz CT molecular complexity index is 742. The molecule has 1 aromatic carbocycles. The monoisotopic (exact) mass is 310 g/mol. The van der Waals surface area contributed by atoms with E-state index in [2.05, 4.69) is 11.6 Å². The van der Waals surface area contributed by atoms with Gasteiger partial charge in [0.1, 0.15) is 12.1 Å². The number of pyridine rings is 1. The maximum Gasteiger partial charge on any atom is 0.132 e. The molecule has 23 heavy (non-hydrogen) atoms. The highest BCUT2D eigenvalue weighted by Crippen LogP contribution is 2.46. The van der Waals surface area contributed by atoms with E-state index in [1.54, 1.807) is 6.20 Å². The number of fused-ring (bicyclic) bond motifs is 4. The molecule has 0 saturated carbocycles. The van der Waals surface area contributed by atoms with E-state index in [0.717, 1.165) is 29.3 Å². The molecule has 2 aromatic rings. The van der Waals surface area contributed by atoms with Crippen molar-refractivity contribution >= 4 is 10.9 Å². The van der Waals surface area contributed by atoms with Crippen molar-refractivity contribution in [3.05, 3.63) is 60.0 Å². The predicted molar refractivity (Wildman–Crippen MR) is 90.3 cm³/mol. The number of hydrogen-bond donors (Lipinski definition) is 1. The van der Waals surface area contributed by atoms with Gasteiger partial charge in [-0.15, -0.1) is 6.58 Å². The zero-order chi connectivity index (χ0) is 16.0. The van der Waals surface area contributed by atoms with Gasteiger partial charge in [0.05, 0.1) is 18.6 Å². The zero-order valence-corrected chi connectivity index (χ0v) is 13.1. The number of piperidine rings is 3. The number of hydroxylamine groups is 3. The highest BCUT2D eigenvalue weighted by molar-refractivity contribution is 5.82. The molecule has 5 atom stereocenters. The molecule has 3 fully saturated rings. The largest absolute Gasteiger partial charge is 0.632 e. The Balaban J connectivity index is 1.72. The van der Waals surface area contributed by atoms with E-state index in [4.69, 9.17) is 0 Å². The van der Waals surface area contributed by atoms with Gasteiger partial charge in [0.2, 0.25) is 0 Å². The molecule has 120 valence electrons. The Hall–Kier alpha value is -1.75. The van der Waals surface area contributed by atoms with Crippen molar-refractivity contribution in [2.75, 3.05) is 13.1 Å². The van der Waals surface area contributed by atoms with Gasteiger partial charge >= 0.3 is 0 Å². The highest BCUT2D eigenvalue weighted by Gasteiger charge is 2.49. The molecule has 3 aliphatic heterocycles. The quantitative estimate of drug-likeness (QED) is 0.538. The average molecular weight is 310 g/mol. The fourth-order valence-electron chi connectivity index (χ4n) is 4.53. The molecule has 0 spiro atoms. The van der Waals surface area contributed by atoms with E-state index in [-0.39, 0.29) is 10.7 Å². The maximum absolute atomic E-state index is 13.3. The minimum Gasteiger partial charge on any atom is -0.632 e. The van der Waals surface area contributed by atoms with Gasteiger partial charge in [0, 0.05) is 30.3 Å². The second kappa shape index (κ2) is 5.41.